The SMILES string of the molecule is COCC(=O)NC1CCOC(C)(C)C1. The van der Waals surface area contributed by atoms with Gasteiger partial charge in [0.2, 0.25) is 5.91 Å². The molecule has 1 heterocycles. The van der Waals surface area contributed by atoms with Crippen LogP contribution in [0.15, 0.2) is 0 Å². The van der Waals surface area contributed by atoms with Gasteiger partial charge in [-0.25, -0.2) is 0 Å². The molecule has 0 aromatic rings. The summed E-state index contributed by atoms with van der Waals surface area (Å²) in [6, 6.07) is 0.224. The first kappa shape index (κ1) is 11.5. The highest BCUT2D eigenvalue weighted by atomic mass is 16.5. The Labute approximate surface area is 85.0 Å². The van der Waals surface area contributed by atoms with Gasteiger partial charge in [0.25, 0.3) is 0 Å². The molecule has 4 heteroatoms. The Morgan fingerprint density at radius 3 is 2.93 bits per heavy atom. The number of rotatable bonds is 3. The number of methoxy groups -OCH3 is 1. The molecule has 1 saturated heterocycles. The minimum atomic E-state index is -0.122. The molecule has 0 bridgehead atoms. The van der Waals surface area contributed by atoms with Crippen molar-refractivity contribution in [2.45, 2.75) is 38.3 Å². The van der Waals surface area contributed by atoms with Gasteiger partial charge in [0, 0.05) is 19.8 Å². The summed E-state index contributed by atoms with van der Waals surface area (Å²) in [5.74, 6) is -0.0461. The van der Waals surface area contributed by atoms with E-state index in [-0.39, 0.29) is 24.2 Å². The van der Waals surface area contributed by atoms with Crippen LogP contribution in [0.3, 0.4) is 0 Å². The summed E-state index contributed by atoms with van der Waals surface area (Å²) < 4.78 is 10.3. The van der Waals surface area contributed by atoms with Crippen LogP contribution in [0.5, 0.6) is 0 Å². The van der Waals surface area contributed by atoms with Crippen molar-refractivity contribution in [2.75, 3.05) is 20.3 Å². The molecule has 1 aliphatic rings. The van der Waals surface area contributed by atoms with E-state index < -0.39 is 0 Å². The molecule has 82 valence electrons. The fraction of sp³-hybridized carbons (Fsp3) is 0.900. The number of ether oxygens (including phenoxy) is 2. The van der Waals surface area contributed by atoms with E-state index in [2.05, 4.69) is 5.32 Å². The van der Waals surface area contributed by atoms with Crippen LogP contribution in [0, 0.1) is 0 Å². The predicted octanol–water partition coefficient (Wildman–Crippen LogP) is 0.707. The van der Waals surface area contributed by atoms with Crippen molar-refractivity contribution >= 4 is 5.91 Å². The highest BCUT2D eigenvalue weighted by Crippen LogP contribution is 2.23. The van der Waals surface area contributed by atoms with E-state index in [0.29, 0.717) is 6.61 Å². The Kier molecular flexibility index (Phi) is 3.89. The summed E-state index contributed by atoms with van der Waals surface area (Å²) in [7, 11) is 1.52. The summed E-state index contributed by atoms with van der Waals surface area (Å²) in [6.45, 7) is 4.94. The average Bonchev–Trinajstić information content (AvgIpc) is 2.02. The molecular formula is C10H19NO3. The molecule has 1 N–H and O–H groups in total. The summed E-state index contributed by atoms with van der Waals surface area (Å²) in [5.41, 5.74) is -0.122. The molecule has 1 atom stereocenters. The smallest absolute Gasteiger partial charge is 0.246 e. The third kappa shape index (κ3) is 3.64. The molecule has 1 unspecified atom stereocenters. The predicted molar refractivity (Wildman–Crippen MR) is 53.1 cm³/mol. The molecule has 0 aromatic heterocycles. The van der Waals surface area contributed by atoms with Gasteiger partial charge in [-0.2, -0.15) is 0 Å². The van der Waals surface area contributed by atoms with Gasteiger partial charge in [-0.1, -0.05) is 0 Å². The molecule has 0 radical (unpaired) electrons. The first-order chi connectivity index (χ1) is 6.53. The zero-order valence-electron chi connectivity index (χ0n) is 9.13. The lowest BCUT2D eigenvalue weighted by Gasteiger charge is -2.35. The van der Waals surface area contributed by atoms with E-state index >= 15 is 0 Å². The Morgan fingerprint density at radius 1 is 1.64 bits per heavy atom. The van der Waals surface area contributed by atoms with Crippen LogP contribution in [0.1, 0.15) is 26.7 Å². The molecule has 1 rings (SSSR count). The summed E-state index contributed by atoms with van der Waals surface area (Å²) in [5, 5.41) is 2.93. The lowest BCUT2D eigenvalue weighted by Crippen LogP contribution is -2.46. The minimum absolute atomic E-state index is 0.0461. The third-order valence-corrected chi connectivity index (χ3v) is 2.34. The number of carbonyl (C=O) groups is 1. The van der Waals surface area contributed by atoms with E-state index in [0.717, 1.165) is 12.8 Å². The van der Waals surface area contributed by atoms with Gasteiger partial charge >= 0.3 is 0 Å². The Morgan fingerprint density at radius 2 is 2.36 bits per heavy atom. The van der Waals surface area contributed by atoms with Gasteiger partial charge in [0.05, 0.1) is 5.60 Å². The first-order valence-electron chi connectivity index (χ1n) is 4.96. The lowest BCUT2D eigenvalue weighted by atomic mass is 9.94. The molecular weight excluding hydrogens is 182 g/mol. The first-order valence-corrected chi connectivity index (χ1v) is 4.96. The van der Waals surface area contributed by atoms with E-state index in [9.17, 15) is 4.79 Å². The summed E-state index contributed by atoms with van der Waals surface area (Å²) in [6.07, 6.45) is 1.75. The normalized spacial score (nSPS) is 25.8. The molecule has 14 heavy (non-hydrogen) atoms. The fourth-order valence-corrected chi connectivity index (χ4v) is 1.76. The van der Waals surface area contributed by atoms with Crippen LogP contribution in [0.25, 0.3) is 0 Å². The van der Waals surface area contributed by atoms with E-state index in [4.69, 9.17) is 9.47 Å². The lowest BCUT2D eigenvalue weighted by molar-refractivity contribution is -0.127. The Balaban J connectivity index is 2.34. The molecule has 0 aromatic carbocycles. The zero-order chi connectivity index (χ0) is 10.6. The van der Waals surface area contributed by atoms with Gasteiger partial charge in [-0.3, -0.25) is 4.79 Å². The Bertz CT molecular complexity index is 204. The monoisotopic (exact) mass is 201 g/mol. The molecule has 4 nitrogen and oxygen atoms in total. The zero-order valence-corrected chi connectivity index (χ0v) is 9.13. The van der Waals surface area contributed by atoms with Crippen molar-refractivity contribution < 1.29 is 14.3 Å². The number of nitrogens with one attached hydrogen (secondary N) is 1. The van der Waals surface area contributed by atoms with Crippen LogP contribution >= 0.6 is 0 Å². The second-order valence-corrected chi connectivity index (χ2v) is 4.30. The van der Waals surface area contributed by atoms with Gasteiger partial charge in [-0.05, 0) is 26.7 Å². The van der Waals surface area contributed by atoms with Crippen LogP contribution in [-0.4, -0.2) is 37.9 Å². The highest BCUT2D eigenvalue weighted by Gasteiger charge is 2.29. The second-order valence-electron chi connectivity index (χ2n) is 4.30. The van der Waals surface area contributed by atoms with Crippen LogP contribution in [0.2, 0.25) is 0 Å². The van der Waals surface area contributed by atoms with Crippen molar-refractivity contribution in [1.82, 2.24) is 5.32 Å². The number of carbonyl (C=O) groups excluding carboxylic acids is 1. The van der Waals surface area contributed by atoms with Crippen molar-refractivity contribution in [1.29, 1.82) is 0 Å². The number of amides is 1. The van der Waals surface area contributed by atoms with Crippen LogP contribution in [-0.2, 0) is 14.3 Å². The van der Waals surface area contributed by atoms with Crippen LogP contribution < -0.4 is 5.32 Å². The van der Waals surface area contributed by atoms with Gasteiger partial charge in [0.1, 0.15) is 6.61 Å². The van der Waals surface area contributed by atoms with Crippen molar-refractivity contribution in [3.63, 3.8) is 0 Å². The van der Waals surface area contributed by atoms with Crippen molar-refractivity contribution in [3.05, 3.63) is 0 Å². The van der Waals surface area contributed by atoms with E-state index in [1.165, 1.54) is 7.11 Å². The summed E-state index contributed by atoms with van der Waals surface area (Å²) in [4.78, 5) is 11.2. The fourth-order valence-electron chi connectivity index (χ4n) is 1.76. The van der Waals surface area contributed by atoms with E-state index in [1.54, 1.807) is 0 Å². The van der Waals surface area contributed by atoms with Crippen molar-refractivity contribution in [3.8, 4) is 0 Å². The maximum Gasteiger partial charge on any atom is 0.246 e. The topological polar surface area (TPSA) is 47.6 Å². The number of hydrogen-bond donors (Lipinski definition) is 1. The molecule has 1 fully saturated rings. The minimum Gasteiger partial charge on any atom is -0.375 e. The number of hydrogen-bond acceptors (Lipinski definition) is 3. The highest BCUT2D eigenvalue weighted by molar-refractivity contribution is 5.77. The van der Waals surface area contributed by atoms with Gasteiger partial charge < -0.3 is 14.8 Å². The molecule has 0 spiro atoms. The summed E-state index contributed by atoms with van der Waals surface area (Å²) >= 11 is 0. The third-order valence-electron chi connectivity index (χ3n) is 2.34. The van der Waals surface area contributed by atoms with Gasteiger partial charge in [-0.15, -0.1) is 0 Å². The van der Waals surface area contributed by atoms with Crippen molar-refractivity contribution in [2.24, 2.45) is 0 Å². The second kappa shape index (κ2) is 4.75. The van der Waals surface area contributed by atoms with E-state index in [1.807, 2.05) is 13.8 Å². The standard InChI is InChI=1S/C10H19NO3/c1-10(2)6-8(4-5-14-10)11-9(12)7-13-3/h8H,4-7H2,1-3H3,(H,11,12). The average molecular weight is 201 g/mol. The molecule has 1 aliphatic heterocycles. The van der Waals surface area contributed by atoms with Gasteiger partial charge in [0.15, 0.2) is 0 Å². The maximum absolute atomic E-state index is 11.2. The maximum atomic E-state index is 11.2. The molecule has 0 aliphatic carbocycles. The quantitative estimate of drug-likeness (QED) is 0.731. The molecule has 1 amide bonds. The van der Waals surface area contributed by atoms with Crippen LogP contribution in [0.4, 0.5) is 0 Å². The Hall–Kier alpha value is -0.610. The largest absolute Gasteiger partial charge is 0.375 e. The molecule has 0 saturated carbocycles.